The summed E-state index contributed by atoms with van der Waals surface area (Å²) in [6.07, 6.45) is 1.44. The first-order chi connectivity index (χ1) is 13.7. The van der Waals surface area contributed by atoms with Gasteiger partial charge in [-0.25, -0.2) is 9.37 Å². The van der Waals surface area contributed by atoms with Crippen LogP contribution >= 0.6 is 22.7 Å². The molecule has 0 radical (unpaired) electrons. The summed E-state index contributed by atoms with van der Waals surface area (Å²) >= 11 is 2.89. The first kappa shape index (κ1) is 17.5. The molecule has 1 aliphatic heterocycles. The van der Waals surface area contributed by atoms with Gasteiger partial charge in [0.25, 0.3) is 11.1 Å². The maximum absolute atomic E-state index is 13.8. The molecule has 5 nitrogen and oxygen atoms in total. The Labute approximate surface area is 168 Å². The van der Waals surface area contributed by atoms with Crippen molar-refractivity contribution in [3.05, 3.63) is 53.3 Å². The van der Waals surface area contributed by atoms with Crippen molar-refractivity contribution in [2.45, 2.75) is 18.9 Å². The highest BCUT2D eigenvalue weighted by Gasteiger charge is 2.26. The van der Waals surface area contributed by atoms with Crippen LogP contribution in [0.2, 0.25) is 0 Å². The highest BCUT2D eigenvalue weighted by atomic mass is 32.1. The fourth-order valence-corrected chi connectivity index (χ4v) is 5.05. The predicted molar refractivity (Wildman–Crippen MR) is 109 cm³/mol. The second-order valence-corrected chi connectivity index (χ2v) is 8.59. The van der Waals surface area contributed by atoms with Gasteiger partial charge in [-0.15, -0.1) is 11.3 Å². The van der Waals surface area contributed by atoms with E-state index in [0.29, 0.717) is 29.4 Å². The van der Waals surface area contributed by atoms with Crippen molar-refractivity contribution in [1.29, 1.82) is 0 Å². The van der Waals surface area contributed by atoms with Crippen molar-refractivity contribution in [2.24, 2.45) is 0 Å². The third kappa shape index (κ3) is 3.22. The average molecular weight is 413 g/mol. The molecule has 4 aromatic rings. The molecule has 0 saturated carbocycles. The molecule has 8 heteroatoms. The van der Waals surface area contributed by atoms with Crippen molar-refractivity contribution in [3.8, 4) is 5.19 Å². The van der Waals surface area contributed by atoms with Gasteiger partial charge in [0, 0.05) is 31.5 Å². The smallest absolute Gasteiger partial charge is 0.274 e. The number of hydrogen-bond acceptors (Lipinski definition) is 6. The molecule has 0 spiro atoms. The number of aromatic nitrogens is 2. The summed E-state index contributed by atoms with van der Waals surface area (Å²) in [4.78, 5) is 23.2. The molecule has 0 unspecified atom stereocenters. The molecule has 0 atom stereocenters. The fourth-order valence-electron chi connectivity index (χ4n) is 3.44. The van der Waals surface area contributed by atoms with Gasteiger partial charge in [-0.1, -0.05) is 17.4 Å². The van der Waals surface area contributed by atoms with E-state index in [2.05, 4.69) is 9.97 Å². The Balaban J connectivity index is 1.24. The summed E-state index contributed by atoms with van der Waals surface area (Å²) in [6, 6.07) is 10.6. The number of nitrogens with zero attached hydrogens (tertiary/aromatic N) is 3. The van der Waals surface area contributed by atoms with Crippen LogP contribution in [0.1, 0.15) is 23.2 Å². The van der Waals surface area contributed by atoms with Crippen LogP contribution in [0.15, 0.2) is 41.9 Å². The van der Waals surface area contributed by atoms with Crippen LogP contribution in [0.4, 0.5) is 4.39 Å². The Hall–Kier alpha value is -2.58. The largest absolute Gasteiger partial charge is 0.467 e. The molecule has 1 saturated heterocycles. The van der Waals surface area contributed by atoms with Gasteiger partial charge in [-0.2, -0.15) is 4.98 Å². The summed E-state index contributed by atoms with van der Waals surface area (Å²) in [7, 11) is 0. The van der Waals surface area contributed by atoms with Gasteiger partial charge in [-0.05, 0) is 30.3 Å². The number of ether oxygens (including phenoxy) is 1. The summed E-state index contributed by atoms with van der Waals surface area (Å²) in [5.74, 6) is -0.294. The van der Waals surface area contributed by atoms with E-state index in [9.17, 15) is 9.18 Å². The van der Waals surface area contributed by atoms with E-state index in [1.807, 2.05) is 29.2 Å². The van der Waals surface area contributed by atoms with Crippen molar-refractivity contribution in [3.63, 3.8) is 0 Å². The molecule has 1 fully saturated rings. The first-order valence-electron chi connectivity index (χ1n) is 9.01. The highest BCUT2D eigenvalue weighted by molar-refractivity contribution is 7.20. The second-order valence-electron chi connectivity index (χ2n) is 6.71. The standard InChI is InChI=1S/C20H16FN3O2S2/c21-14-2-1-3-16-18(14)23-20(28-16)26-13-6-8-24(9-7-13)19(25)12-4-5-15-17(10-12)27-11-22-15/h1-5,10-11,13H,6-9H2. The number of piperidine rings is 1. The SMILES string of the molecule is O=C(c1ccc2ncsc2c1)N1CCC(Oc2nc3c(F)cccc3s2)CC1. The van der Waals surface area contributed by atoms with Crippen LogP contribution in [0, 0.1) is 5.82 Å². The average Bonchev–Trinajstić information content (AvgIpc) is 3.34. The van der Waals surface area contributed by atoms with Gasteiger partial charge in [0.05, 0.1) is 20.4 Å². The topological polar surface area (TPSA) is 55.3 Å². The van der Waals surface area contributed by atoms with Crippen LogP contribution in [-0.4, -0.2) is 40.0 Å². The number of rotatable bonds is 3. The van der Waals surface area contributed by atoms with E-state index < -0.39 is 0 Å². The van der Waals surface area contributed by atoms with Crippen molar-refractivity contribution < 1.29 is 13.9 Å². The summed E-state index contributed by atoms with van der Waals surface area (Å²) in [5.41, 5.74) is 3.75. The molecule has 1 aliphatic rings. The van der Waals surface area contributed by atoms with E-state index in [1.165, 1.54) is 28.7 Å². The Kier molecular flexibility index (Phi) is 4.44. The van der Waals surface area contributed by atoms with Crippen LogP contribution in [-0.2, 0) is 0 Å². The van der Waals surface area contributed by atoms with Crippen LogP contribution in [0.5, 0.6) is 5.19 Å². The Morgan fingerprint density at radius 2 is 2.04 bits per heavy atom. The molecule has 5 rings (SSSR count). The van der Waals surface area contributed by atoms with Crippen molar-refractivity contribution in [2.75, 3.05) is 13.1 Å². The zero-order valence-corrected chi connectivity index (χ0v) is 16.4. The van der Waals surface area contributed by atoms with Gasteiger partial charge in [0.15, 0.2) is 0 Å². The Morgan fingerprint density at radius 1 is 1.18 bits per heavy atom. The minimum absolute atomic E-state index is 0.0170. The van der Waals surface area contributed by atoms with Gasteiger partial charge in [0.1, 0.15) is 17.4 Å². The molecule has 0 bridgehead atoms. The van der Waals surface area contributed by atoms with E-state index in [-0.39, 0.29) is 17.8 Å². The maximum atomic E-state index is 13.8. The number of benzene rings is 2. The Bertz CT molecular complexity index is 1160. The lowest BCUT2D eigenvalue weighted by Gasteiger charge is -2.31. The third-order valence-electron chi connectivity index (χ3n) is 4.93. The number of para-hydroxylation sites is 1. The molecular formula is C20H16FN3O2S2. The van der Waals surface area contributed by atoms with Gasteiger partial charge >= 0.3 is 0 Å². The molecule has 1 amide bonds. The number of halogens is 1. The number of likely N-dealkylation sites (tertiary alicyclic amines) is 1. The lowest BCUT2D eigenvalue weighted by Crippen LogP contribution is -2.41. The molecule has 2 aromatic carbocycles. The highest BCUT2D eigenvalue weighted by Crippen LogP contribution is 2.31. The number of carbonyl (C=O) groups is 1. The van der Waals surface area contributed by atoms with Crippen molar-refractivity contribution >= 4 is 49.0 Å². The first-order valence-corrected chi connectivity index (χ1v) is 10.7. The van der Waals surface area contributed by atoms with Crippen LogP contribution < -0.4 is 4.74 Å². The normalized spacial score (nSPS) is 15.4. The lowest BCUT2D eigenvalue weighted by atomic mass is 10.1. The number of amides is 1. The van der Waals surface area contributed by atoms with E-state index in [1.54, 1.807) is 11.6 Å². The van der Waals surface area contributed by atoms with E-state index in [0.717, 1.165) is 27.8 Å². The molecule has 0 N–H and O–H groups in total. The minimum Gasteiger partial charge on any atom is -0.467 e. The predicted octanol–water partition coefficient (Wildman–Crippen LogP) is 4.73. The maximum Gasteiger partial charge on any atom is 0.274 e. The van der Waals surface area contributed by atoms with Crippen LogP contribution in [0.3, 0.4) is 0 Å². The molecule has 0 aliphatic carbocycles. The van der Waals surface area contributed by atoms with Gasteiger partial charge in [0.2, 0.25) is 0 Å². The zero-order valence-electron chi connectivity index (χ0n) is 14.8. The van der Waals surface area contributed by atoms with Crippen LogP contribution in [0.25, 0.3) is 20.4 Å². The third-order valence-corrected chi connectivity index (χ3v) is 6.63. The Morgan fingerprint density at radius 3 is 2.86 bits per heavy atom. The zero-order chi connectivity index (χ0) is 19.1. The summed E-state index contributed by atoms with van der Waals surface area (Å²) in [5, 5.41) is 0.487. The quantitative estimate of drug-likeness (QED) is 0.487. The lowest BCUT2D eigenvalue weighted by molar-refractivity contribution is 0.0595. The fraction of sp³-hybridized carbons (Fsp3) is 0.250. The minimum atomic E-state index is -0.332. The van der Waals surface area contributed by atoms with Gasteiger partial charge < -0.3 is 9.64 Å². The number of hydrogen-bond donors (Lipinski definition) is 0. The second kappa shape index (κ2) is 7.10. The van der Waals surface area contributed by atoms with Gasteiger partial charge in [-0.3, -0.25) is 4.79 Å². The molecule has 28 heavy (non-hydrogen) atoms. The van der Waals surface area contributed by atoms with Crippen molar-refractivity contribution in [1.82, 2.24) is 14.9 Å². The molecule has 142 valence electrons. The molecule has 3 heterocycles. The summed E-state index contributed by atoms with van der Waals surface area (Å²) < 4.78 is 21.6. The number of fused-ring (bicyclic) bond motifs is 2. The summed E-state index contributed by atoms with van der Waals surface area (Å²) in [6.45, 7) is 1.26. The molecule has 2 aromatic heterocycles. The molecular weight excluding hydrogens is 397 g/mol. The number of carbonyl (C=O) groups excluding carboxylic acids is 1. The van der Waals surface area contributed by atoms with E-state index >= 15 is 0 Å². The van der Waals surface area contributed by atoms with E-state index in [4.69, 9.17) is 4.74 Å². The monoisotopic (exact) mass is 413 g/mol. The number of thiazole rings is 2.